The fraction of sp³-hybridized carbons (Fsp3) is 0.182. The van der Waals surface area contributed by atoms with Crippen LogP contribution in [-0.4, -0.2) is 27.7 Å². The van der Waals surface area contributed by atoms with Crippen molar-refractivity contribution in [3.8, 4) is 0 Å². The number of anilines is 1. The first-order valence-electron chi connectivity index (χ1n) is 9.52. The van der Waals surface area contributed by atoms with Crippen LogP contribution in [0.5, 0.6) is 0 Å². The summed E-state index contributed by atoms with van der Waals surface area (Å²) in [5.41, 5.74) is 3.45. The average Bonchev–Trinajstić information content (AvgIpc) is 2.74. The quantitative estimate of drug-likeness (QED) is 0.655. The number of aryl methyl sites for hydroxylation is 1. The summed E-state index contributed by atoms with van der Waals surface area (Å²) in [4.78, 5) is 0.289. The average molecular weight is 443 g/mol. The lowest BCUT2D eigenvalue weighted by Gasteiger charge is -2.28. The van der Waals surface area contributed by atoms with Crippen LogP contribution in [-0.2, 0) is 33.0 Å². The minimum absolute atomic E-state index is 0.139. The highest BCUT2D eigenvalue weighted by molar-refractivity contribution is 7.92. The molecule has 0 unspecified atom stereocenters. The molecule has 3 aromatic rings. The van der Waals surface area contributed by atoms with Gasteiger partial charge in [-0.2, -0.15) is 4.31 Å². The van der Waals surface area contributed by atoms with E-state index in [1.54, 1.807) is 12.1 Å². The molecule has 3 aromatic carbocycles. The van der Waals surface area contributed by atoms with Gasteiger partial charge in [-0.25, -0.2) is 16.8 Å². The highest BCUT2D eigenvalue weighted by atomic mass is 32.2. The Labute approximate surface area is 177 Å². The molecule has 156 valence electrons. The Morgan fingerprint density at radius 3 is 2.03 bits per heavy atom. The van der Waals surface area contributed by atoms with Crippen molar-refractivity contribution in [2.45, 2.75) is 29.7 Å². The zero-order chi connectivity index (χ0) is 21.4. The Morgan fingerprint density at radius 2 is 1.37 bits per heavy atom. The van der Waals surface area contributed by atoms with Gasteiger partial charge in [-0.15, -0.1) is 0 Å². The van der Waals surface area contributed by atoms with Crippen molar-refractivity contribution in [2.75, 3.05) is 11.3 Å². The van der Waals surface area contributed by atoms with E-state index in [2.05, 4.69) is 4.72 Å². The predicted octanol–water partition coefficient (Wildman–Crippen LogP) is 3.54. The van der Waals surface area contributed by atoms with E-state index in [9.17, 15) is 16.8 Å². The van der Waals surface area contributed by atoms with Crippen molar-refractivity contribution in [3.63, 3.8) is 0 Å². The normalized spacial score (nSPS) is 14.8. The van der Waals surface area contributed by atoms with Crippen LogP contribution in [0.3, 0.4) is 0 Å². The Balaban J connectivity index is 1.52. The molecule has 1 aliphatic heterocycles. The molecule has 4 rings (SSSR count). The molecular formula is C22H22N2O4S2. The van der Waals surface area contributed by atoms with Crippen molar-refractivity contribution in [1.82, 2.24) is 4.31 Å². The van der Waals surface area contributed by atoms with Crippen molar-refractivity contribution >= 4 is 25.7 Å². The molecular weight excluding hydrogens is 420 g/mol. The Morgan fingerprint density at radius 1 is 0.767 bits per heavy atom. The molecule has 0 aromatic heterocycles. The number of hydrogen-bond donors (Lipinski definition) is 1. The van der Waals surface area contributed by atoms with Crippen molar-refractivity contribution in [3.05, 3.63) is 89.5 Å². The van der Waals surface area contributed by atoms with Gasteiger partial charge in [-0.1, -0.05) is 42.0 Å². The molecule has 0 atom stereocenters. The number of fused-ring (bicyclic) bond motifs is 1. The first-order valence-corrected chi connectivity index (χ1v) is 12.4. The molecule has 30 heavy (non-hydrogen) atoms. The highest BCUT2D eigenvalue weighted by Gasteiger charge is 2.28. The van der Waals surface area contributed by atoms with Crippen LogP contribution in [0.25, 0.3) is 0 Å². The third kappa shape index (κ3) is 4.12. The van der Waals surface area contributed by atoms with Gasteiger partial charge in [0.25, 0.3) is 10.0 Å². The molecule has 0 aliphatic carbocycles. The van der Waals surface area contributed by atoms with E-state index in [1.165, 1.54) is 46.3 Å². The van der Waals surface area contributed by atoms with Gasteiger partial charge < -0.3 is 0 Å². The summed E-state index contributed by atoms with van der Waals surface area (Å²) in [6, 6.07) is 20.1. The Hall–Kier alpha value is -2.68. The van der Waals surface area contributed by atoms with Gasteiger partial charge in [-0.05, 0) is 60.9 Å². The summed E-state index contributed by atoms with van der Waals surface area (Å²) < 4.78 is 55.1. The van der Waals surface area contributed by atoms with Crippen molar-refractivity contribution < 1.29 is 16.8 Å². The molecule has 0 spiro atoms. The van der Waals surface area contributed by atoms with Gasteiger partial charge in [0.1, 0.15) is 0 Å². The van der Waals surface area contributed by atoms with E-state index in [1.807, 2.05) is 31.2 Å². The second-order valence-corrected chi connectivity index (χ2v) is 10.9. The maximum atomic E-state index is 13.0. The van der Waals surface area contributed by atoms with Crippen LogP contribution in [0.4, 0.5) is 5.69 Å². The standard InChI is InChI=1S/C22H22N2O4S2/c1-17-6-10-21(11-7-17)29(25,26)23-20-8-12-22(13-9-20)30(27,28)24-15-14-18-4-2-3-5-19(18)16-24/h2-13,23H,14-16H2,1H3. The lowest BCUT2D eigenvalue weighted by molar-refractivity contribution is 0.391. The second-order valence-electron chi connectivity index (χ2n) is 7.30. The van der Waals surface area contributed by atoms with Crippen molar-refractivity contribution in [1.29, 1.82) is 0 Å². The fourth-order valence-electron chi connectivity index (χ4n) is 3.45. The minimum atomic E-state index is -3.74. The zero-order valence-corrected chi connectivity index (χ0v) is 18.1. The lowest BCUT2D eigenvalue weighted by Crippen LogP contribution is -2.35. The van der Waals surface area contributed by atoms with E-state index >= 15 is 0 Å². The first kappa shape index (κ1) is 20.6. The third-order valence-corrected chi connectivity index (χ3v) is 8.43. The number of nitrogens with one attached hydrogen (secondary N) is 1. The molecule has 0 fully saturated rings. The van der Waals surface area contributed by atoms with Gasteiger partial charge in [0.15, 0.2) is 0 Å². The molecule has 1 N–H and O–H groups in total. The first-order chi connectivity index (χ1) is 14.3. The fourth-order valence-corrected chi connectivity index (χ4v) is 5.93. The van der Waals surface area contributed by atoms with Crippen molar-refractivity contribution in [2.24, 2.45) is 0 Å². The van der Waals surface area contributed by atoms with Gasteiger partial charge in [0.05, 0.1) is 9.79 Å². The van der Waals surface area contributed by atoms with Crippen LogP contribution < -0.4 is 4.72 Å². The molecule has 0 radical (unpaired) electrons. The number of rotatable bonds is 5. The van der Waals surface area contributed by atoms with E-state index in [4.69, 9.17) is 0 Å². The van der Waals surface area contributed by atoms with Gasteiger partial charge >= 0.3 is 0 Å². The van der Waals surface area contributed by atoms with Gasteiger partial charge in [0.2, 0.25) is 10.0 Å². The summed E-state index contributed by atoms with van der Waals surface area (Å²) in [6.45, 7) is 2.63. The van der Waals surface area contributed by atoms with Crippen LogP contribution in [0.15, 0.2) is 82.6 Å². The maximum Gasteiger partial charge on any atom is 0.261 e. The van der Waals surface area contributed by atoms with Crippen LogP contribution in [0.2, 0.25) is 0 Å². The molecule has 0 saturated heterocycles. The summed E-state index contributed by atoms with van der Waals surface area (Å²) in [7, 11) is -7.41. The molecule has 0 saturated carbocycles. The largest absolute Gasteiger partial charge is 0.280 e. The van der Waals surface area contributed by atoms with Gasteiger partial charge in [0, 0.05) is 18.8 Å². The van der Waals surface area contributed by atoms with E-state index in [0.717, 1.165) is 11.1 Å². The minimum Gasteiger partial charge on any atom is -0.280 e. The van der Waals surface area contributed by atoms with Gasteiger partial charge in [-0.3, -0.25) is 4.72 Å². The molecule has 0 amide bonds. The highest BCUT2D eigenvalue weighted by Crippen LogP contribution is 2.26. The zero-order valence-electron chi connectivity index (χ0n) is 16.4. The summed E-state index contributed by atoms with van der Waals surface area (Å²) in [5.74, 6) is 0. The molecule has 8 heteroatoms. The van der Waals surface area contributed by atoms with E-state index in [0.29, 0.717) is 25.2 Å². The topological polar surface area (TPSA) is 83.5 Å². The Bertz CT molecular complexity index is 1270. The SMILES string of the molecule is Cc1ccc(S(=O)(=O)Nc2ccc(S(=O)(=O)N3CCc4ccccc4C3)cc2)cc1. The number of sulfonamides is 2. The van der Waals surface area contributed by atoms with E-state index < -0.39 is 20.0 Å². The molecule has 1 aliphatic rings. The van der Waals surface area contributed by atoms with Crippen LogP contribution in [0, 0.1) is 6.92 Å². The summed E-state index contributed by atoms with van der Waals surface area (Å²) in [6.07, 6.45) is 0.670. The van der Waals surface area contributed by atoms with E-state index in [-0.39, 0.29) is 9.79 Å². The molecule has 1 heterocycles. The van der Waals surface area contributed by atoms with Crippen LogP contribution in [0.1, 0.15) is 16.7 Å². The number of benzene rings is 3. The maximum absolute atomic E-state index is 13.0. The summed E-state index contributed by atoms with van der Waals surface area (Å²) >= 11 is 0. The molecule has 6 nitrogen and oxygen atoms in total. The monoisotopic (exact) mass is 442 g/mol. The smallest absolute Gasteiger partial charge is 0.261 e. The second kappa shape index (κ2) is 7.86. The summed E-state index contributed by atoms with van der Waals surface area (Å²) in [5, 5.41) is 0. The predicted molar refractivity (Wildman–Crippen MR) is 116 cm³/mol. The molecule has 0 bridgehead atoms. The van der Waals surface area contributed by atoms with Crippen LogP contribution >= 0.6 is 0 Å². The number of nitrogens with zero attached hydrogens (tertiary/aromatic N) is 1. The third-order valence-electron chi connectivity index (χ3n) is 5.17. The number of hydrogen-bond acceptors (Lipinski definition) is 4. The Kier molecular flexibility index (Phi) is 5.40. The lowest BCUT2D eigenvalue weighted by atomic mass is 10.0.